The van der Waals surface area contributed by atoms with Gasteiger partial charge in [0.25, 0.3) is 0 Å². The number of amides is 1. The SMILES string of the molecule is CCCNC1CCN(c2ccc3ncsc3c2)C1=O. The van der Waals surface area contributed by atoms with Crippen LogP contribution in [0.15, 0.2) is 23.7 Å². The zero-order valence-corrected chi connectivity index (χ0v) is 11.7. The molecule has 0 aliphatic carbocycles. The maximum Gasteiger partial charge on any atom is 0.244 e. The van der Waals surface area contributed by atoms with E-state index in [0.717, 1.165) is 41.8 Å². The number of benzene rings is 1. The Morgan fingerprint density at radius 2 is 2.42 bits per heavy atom. The maximum atomic E-state index is 12.3. The van der Waals surface area contributed by atoms with Crippen molar-refractivity contribution in [3.8, 4) is 0 Å². The van der Waals surface area contributed by atoms with E-state index in [1.54, 1.807) is 11.3 Å². The van der Waals surface area contributed by atoms with Crippen LogP contribution in [0.3, 0.4) is 0 Å². The van der Waals surface area contributed by atoms with E-state index in [9.17, 15) is 4.79 Å². The van der Waals surface area contributed by atoms with Gasteiger partial charge in [-0.1, -0.05) is 6.92 Å². The minimum Gasteiger partial charge on any atom is -0.311 e. The Morgan fingerprint density at radius 1 is 1.53 bits per heavy atom. The van der Waals surface area contributed by atoms with Gasteiger partial charge in [-0.15, -0.1) is 11.3 Å². The molecule has 100 valence electrons. The molecular formula is C14H17N3OS. The molecule has 2 heterocycles. The normalized spacial score (nSPS) is 19.5. The van der Waals surface area contributed by atoms with Crippen molar-refractivity contribution in [3.63, 3.8) is 0 Å². The number of hydrogen-bond acceptors (Lipinski definition) is 4. The fourth-order valence-electron chi connectivity index (χ4n) is 2.46. The number of nitrogens with one attached hydrogen (secondary N) is 1. The highest BCUT2D eigenvalue weighted by Gasteiger charge is 2.31. The van der Waals surface area contributed by atoms with Gasteiger partial charge in [0.2, 0.25) is 5.91 Å². The first-order valence-electron chi connectivity index (χ1n) is 6.67. The van der Waals surface area contributed by atoms with Gasteiger partial charge in [-0.2, -0.15) is 0 Å². The summed E-state index contributed by atoms with van der Waals surface area (Å²) in [6.45, 7) is 3.81. The molecule has 1 aliphatic rings. The van der Waals surface area contributed by atoms with Crippen molar-refractivity contribution in [2.75, 3.05) is 18.0 Å². The molecule has 4 nitrogen and oxygen atoms in total. The largest absolute Gasteiger partial charge is 0.311 e. The van der Waals surface area contributed by atoms with Crippen molar-refractivity contribution in [2.24, 2.45) is 0 Å². The maximum absolute atomic E-state index is 12.3. The minimum atomic E-state index is -0.0166. The number of anilines is 1. The van der Waals surface area contributed by atoms with Crippen LogP contribution in [-0.4, -0.2) is 30.0 Å². The lowest BCUT2D eigenvalue weighted by Crippen LogP contribution is -2.38. The molecule has 2 aromatic rings. The first kappa shape index (κ1) is 12.6. The molecular weight excluding hydrogens is 258 g/mol. The number of carbonyl (C=O) groups excluding carboxylic acids is 1. The zero-order valence-electron chi connectivity index (χ0n) is 10.9. The van der Waals surface area contributed by atoms with E-state index in [4.69, 9.17) is 0 Å². The Kier molecular flexibility index (Phi) is 3.48. The summed E-state index contributed by atoms with van der Waals surface area (Å²) in [7, 11) is 0. The topological polar surface area (TPSA) is 45.2 Å². The molecule has 0 spiro atoms. The number of hydrogen-bond donors (Lipinski definition) is 1. The summed E-state index contributed by atoms with van der Waals surface area (Å²) in [6.07, 6.45) is 1.94. The molecule has 1 aromatic carbocycles. The first-order valence-corrected chi connectivity index (χ1v) is 7.55. The van der Waals surface area contributed by atoms with Crippen LogP contribution in [0.25, 0.3) is 10.2 Å². The third kappa shape index (κ3) is 2.35. The molecule has 1 unspecified atom stereocenters. The Balaban J connectivity index is 1.80. The zero-order chi connectivity index (χ0) is 13.2. The molecule has 1 saturated heterocycles. The molecule has 1 aromatic heterocycles. The van der Waals surface area contributed by atoms with E-state index in [1.807, 2.05) is 22.5 Å². The lowest BCUT2D eigenvalue weighted by Gasteiger charge is -2.17. The smallest absolute Gasteiger partial charge is 0.244 e. The molecule has 0 bridgehead atoms. The highest BCUT2D eigenvalue weighted by Crippen LogP contribution is 2.27. The summed E-state index contributed by atoms with van der Waals surface area (Å²) >= 11 is 1.61. The molecule has 1 amide bonds. The Bertz CT molecular complexity index is 595. The van der Waals surface area contributed by atoms with Gasteiger partial charge in [-0.3, -0.25) is 4.79 Å². The summed E-state index contributed by atoms with van der Waals surface area (Å²) in [4.78, 5) is 18.5. The lowest BCUT2D eigenvalue weighted by molar-refractivity contribution is -0.118. The van der Waals surface area contributed by atoms with Crippen LogP contribution >= 0.6 is 11.3 Å². The minimum absolute atomic E-state index is 0.0166. The van der Waals surface area contributed by atoms with Gasteiger partial charge in [0.15, 0.2) is 0 Å². The van der Waals surface area contributed by atoms with E-state index in [0.29, 0.717) is 0 Å². The molecule has 5 heteroatoms. The van der Waals surface area contributed by atoms with Crippen molar-refractivity contribution in [2.45, 2.75) is 25.8 Å². The molecule has 1 fully saturated rings. The van der Waals surface area contributed by atoms with Crippen LogP contribution in [-0.2, 0) is 4.79 Å². The number of rotatable bonds is 4. The summed E-state index contributed by atoms with van der Waals surface area (Å²) in [5, 5.41) is 3.31. The van der Waals surface area contributed by atoms with Crippen molar-refractivity contribution in [1.82, 2.24) is 10.3 Å². The predicted molar refractivity (Wildman–Crippen MR) is 78.7 cm³/mol. The molecule has 1 aliphatic heterocycles. The molecule has 0 radical (unpaired) electrons. The van der Waals surface area contributed by atoms with Crippen LogP contribution < -0.4 is 10.2 Å². The van der Waals surface area contributed by atoms with Crippen molar-refractivity contribution in [3.05, 3.63) is 23.7 Å². The van der Waals surface area contributed by atoms with Crippen LogP contribution in [0.4, 0.5) is 5.69 Å². The average Bonchev–Trinajstić information content (AvgIpc) is 3.02. The predicted octanol–water partition coefficient (Wildman–Crippen LogP) is 2.40. The van der Waals surface area contributed by atoms with E-state index in [1.165, 1.54) is 0 Å². The monoisotopic (exact) mass is 275 g/mol. The Morgan fingerprint density at radius 3 is 3.26 bits per heavy atom. The number of fused-ring (bicyclic) bond motifs is 1. The van der Waals surface area contributed by atoms with Crippen molar-refractivity contribution >= 4 is 33.1 Å². The Hall–Kier alpha value is -1.46. The van der Waals surface area contributed by atoms with E-state index in [2.05, 4.69) is 23.3 Å². The first-order chi connectivity index (χ1) is 9.29. The van der Waals surface area contributed by atoms with Gasteiger partial charge in [-0.25, -0.2) is 4.98 Å². The van der Waals surface area contributed by atoms with E-state index >= 15 is 0 Å². The highest BCUT2D eigenvalue weighted by atomic mass is 32.1. The second-order valence-corrected chi connectivity index (χ2v) is 5.68. The van der Waals surface area contributed by atoms with Crippen LogP contribution in [0.2, 0.25) is 0 Å². The van der Waals surface area contributed by atoms with E-state index in [-0.39, 0.29) is 11.9 Å². The van der Waals surface area contributed by atoms with Gasteiger partial charge < -0.3 is 10.2 Å². The van der Waals surface area contributed by atoms with Gasteiger partial charge in [0.1, 0.15) is 0 Å². The van der Waals surface area contributed by atoms with E-state index < -0.39 is 0 Å². The number of aromatic nitrogens is 1. The van der Waals surface area contributed by atoms with Gasteiger partial charge in [0.05, 0.1) is 21.8 Å². The highest BCUT2D eigenvalue weighted by molar-refractivity contribution is 7.16. The molecule has 19 heavy (non-hydrogen) atoms. The number of carbonyl (C=O) groups is 1. The van der Waals surface area contributed by atoms with Crippen LogP contribution in [0.1, 0.15) is 19.8 Å². The van der Waals surface area contributed by atoms with Crippen molar-refractivity contribution in [1.29, 1.82) is 0 Å². The molecule has 3 rings (SSSR count). The average molecular weight is 275 g/mol. The lowest BCUT2D eigenvalue weighted by atomic mass is 10.2. The van der Waals surface area contributed by atoms with Gasteiger partial charge >= 0.3 is 0 Å². The van der Waals surface area contributed by atoms with Gasteiger partial charge in [-0.05, 0) is 37.6 Å². The molecule has 1 N–H and O–H groups in total. The summed E-state index contributed by atoms with van der Waals surface area (Å²) in [5.74, 6) is 0.192. The van der Waals surface area contributed by atoms with Crippen molar-refractivity contribution < 1.29 is 4.79 Å². The summed E-state index contributed by atoms with van der Waals surface area (Å²) < 4.78 is 1.13. The number of thiazole rings is 1. The third-order valence-corrected chi connectivity index (χ3v) is 4.26. The second kappa shape index (κ2) is 5.27. The quantitative estimate of drug-likeness (QED) is 0.932. The van der Waals surface area contributed by atoms with Gasteiger partial charge in [0, 0.05) is 12.2 Å². The van der Waals surface area contributed by atoms with Crippen LogP contribution in [0, 0.1) is 0 Å². The standard InChI is InChI=1S/C14H17N3OS/c1-2-6-15-12-5-7-17(14(12)18)10-3-4-11-13(8-10)19-9-16-11/h3-4,8-9,12,15H,2,5-7H2,1H3. The summed E-state index contributed by atoms with van der Waals surface area (Å²) in [6, 6.07) is 6.02. The molecule has 1 atom stereocenters. The second-order valence-electron chi connectivity index (χ2n) is 4.79. The number of nitrogens with zero attached hydrogens (tertiary/aromatic N) is 2. The Labute approximate surface area is 116 Å². The molecule has 0 saturated carbocycles. The fraction of sp³-hybridized carbons (Fsp3) is 0.429. The van der Waals surface area contributed by atoms with Crippen LogP contribution in [0.5, 0.6) is 0 Å². The summed E-state index contributed by atoms with van der Waals surface area (Å²) in [5.41, 5.74) is 3.83. The fourth-order valence-corrected chi connectivity index (χ4v) is 3.17. The third-order valence-electron chi connectivity index (χ3n) is 3.47.